The highest BCUT2D eigenvalue weighted by molar-refractivity contribution is 7.20. The van der Waals surface area contributed by atoms with Crippen LogP contribution >= 0.6 is 11.3 Å². The third-order valence-corrected chi connectivity index (χ3v) is 7.06. The van der Waals surface area contributed by atoms with Crippen LogP contribution in [0.2, 0.25) is 0 Å². The third-order valence-electron chi connectivity index (χ3n) is 5.86. The molecule has 7 nitrogen and oxygen atoms in total. The highest BCUT2D eigenvalue weighted by atomic mass is 32.1. The fraction of sp³-hybridized carbons (Fsp3) is 0.381. The van der Waals surface area contributed by atoms with Crippen LogP contribution in [0.1, 0.15) is 33.3 Å². The molecule has 4 heterocycles. The van der Waals surface area contributed by atoms with E-state index in [2.05, 4.69) is 32.3 Å². The van der Waals surface area contributed by atoms with Crippen molar-refractivity contribution in [2.75, 3.05) is 19.7 Å². The molecule has 5 rings (SSSR count). The molecule has 2 aromatic heterocycles. The number of aromatic amines is 1. The standard InChI is InChI=1S/C21H22N4O3S/c1-12-17-19(26)22-11-23-21(17)29-18(12)20(27)24-14-7-15-10-28-16(9-25(15)8-14)13-5-3-2-4-6-13/h2-6,11,14-16H,7-10H2,1H3,(H,24,27)(H,22,23,26)/t14-,15-,16+/m0/s1. The van der Waals surface area contributed by atoms with Crippen molar-refractivity contribution in [1.29, 1.82) is 0 Å². The molecule has 0 aliphatic carbocycles. The number of rotatable bonds is 3. The van der Waals surface area contributed by atoms with E-state index >= 15 is 0 Å². The molecule has 29 heavy (non-hydrogen) atoms. The molecule has 2 aliphatic heterocycles. The number of thiophene rings is 1. The van der Waals surface area contributed by atoms with E-state index in [1.54, 1.807) is 6.92 Å². The molecule has 8 heteroatoms. The molecule has 2 aliphatic rings. The van der Waals surface area contributed by atoms with Crippen molar-refractivity contribution in [1.82, 2.24) is 20.2 Å². The molecule has 1 amide bonds. The van der Waals surface area contributed by atoms with Crippen LogP contribution in [-0.4, -0.2) is 52.6 Å². The van der Waals surface area contributed by atoms with E-state index in [0.717, 1.165) is 19.5 Å². The number of hydrogen-bond donors (Lipinski definition) is 2. The summed E-state index contributed by atoms with van der Waals surface area (Å²) in [7, 11) is 0. The zero-order chi connectivity index (χ0) is 20.0. The minimum Gasteiger partial charge on any atom is -0.371 e. The summed E-state index contributed by atoms with van der Waals surface area (Å²) in [5.41, 5.74) is 1.68. The first-order valence-electron chi connectivity index (χ1n) is 9.78. The zero-order valence-corrected chi connectivity index (χ0v) is 16.9. The fourth-order valence-electron chi connectivity index (χ4n) is 4.39. The maximum absolute atomic E-state index is 12.9. The highest BCUT2D eigenvalue weighted by Gasteiger charge is 2.38. The summed E-state index contributed by atoms with van der Waals surface area (Å²) in [6.07, 6.45) is 2.32. The SMILES string of the molecule is Cc1c(C(=O)N[C@H]2C[C@H]3CO[C@@H](c4ccccc4)CN3C2)sc2nc[nH]c(=O)c12. The first kappa shape index (κ1) is 18.5. The van der Waals surface area contributed by atoms with Gasteiger partial charge in [-0.1, -0.05) is 30.3 Å². The van der Waals surface area contributed by atoms with Crippen molar-refractivity contribution in [3.05, 3.63) is 63.0 Å². The quantitative estimate of drug-likeness (QED) is 0.692. The third kappa shape index (κ3) is 3.37. The lowest BCUT2D eigenvalue weighted by Gasteiger charge is -2.35. The van der Waals surface area contributed by atoms with E-state index in [9.17, 15) is 9.59 Å². The van der Waals surface area contributed by atoms with Gasteiger partial charge in [0.25, 0.3) is 11.5 Å². The summed E-state index contributed by atoms with van der Waals surface area (Å²) in [5, 5.41) is 3.67. The van der Waals surface area contributed by atoms with E-state index < -0.39 is 0 Å². The number of carbonyl (C=O) groups is 1. The lowest BCUT2D eigenvalue weighted by Crippen LogP contribution is -2.43. The molecule has 3 aromatic rings. The molecule has 0 unspecified atom stereocenters. The Kier molecular flexibility index (Phi) is 4.69. The second-order valence-electron chi connectivity index (χ2n) is 7.71. The van der Waals surface area contributed by atoms with Crippen molar-refractivity contribution in [3.8, 4) is 0 Å². The average Bonchev–Trinajstić information content (AvgIpc) is 3.29. The Bertz CT molecular complexity index is 1110. The normalized spacial score (nSPS) is 24.5. The Hall–Kier alpha value is -2.55. The van der Waals surface area contributed by atoms with Gasteiger partial charge >= 0.3 is 0 Å². The number of amides is 1. The number of morpholine rings is 1. The van der Waals surface area contributed by atoms with Gasteiger partial charge in [-0.25, -0.2) is 4.98 Å². The van der Waals surface area contributed by atoms with Crippen molar-refractivity contribution < 1.29 is 9.53 Å². The smallest absolute Gasteiger partial charge is 0.261 e. The van der Waals surface area contributed by atoms with Crippen LogP contribution in [0, 0.1) is 6.92 Å². The van der Waals surface area contributed by atoms with Crippen LogP contribution in [0.3, 0.4) is 0 Å². The highest BCUT2D eigenvalue weighted by Crippen LogP contribution is 2.31. The second-order valence-corrected chi connectivity index (χ2v) is 8.71. The molecule has 0 radical (unpaired) electrons. The van der Waals surface area contributed by atoms with Crippen LogP contribution < -0.4 is 10.9 Å². The first-order valence-corrected chi connectivity index (χ1v) is 10.6. The summed E-state index contributed by atoms with van der Waals surface area (Å²) in [5.74, 6) is -0.129. The summed E-state index contributed by atoms with van der Waals surface area (Å²) >= 11 is 1.27. The molecule has 0 saturated carbocycles. The van der Waals surface area contributed by atoms with Gasteiger partial charge in [0.05, 0.1) is 29.3 Å². The molecule has 0 bridgehead atoms. The number of benzene rings is 1. The van der Waals surface area contributed by atoms with Crippen LogP contribution in [0.15, 0.2) is 41.5 Å². The predicted molar refractivity (Wildman–Crippen MR) is 111 cm³/mol. The number of ether oxygens (including phenoxy) is 1. The number of fused-ring (bicyclic) bond motifs is 2. The molecule has 3 atom stereocenters. The van der Waals surface area contributed by atoms with Gasteiger partial charge in [-0.3, -0.25) is 14.5 Å². The topological polar surface area (TPSA) is 87.3 Å². The number of carbonyl (C=O) groups excluding carboxylic acids is 1. The lowest BCUT2D eigenvalue weighted by atomic mass is 10.1. The Morgan fingerprint density at radius 3 is 2.93 bits per heavy atom. The molecule has 150 valence electrons. The Balaban J connectivity index is 1.28. The van der Waals surface area contributed by atoms with Gasteiger partial charge in [-0.15, -0.1) is 11.3 Å². The zero-order valence-electron chi connectivity index (χ0n) is 16.1. The average molecular weight is 410 g/mol. The van der Waals surface area contributed by atoms with Gasteiger partial charge in [-0.2, -0.15) is 0 Å². The number of nitrogens with one attached hydrogen (secondary N) is 2. The van der Waals surface area contributed by atoms with Gasteiger partial charge in [0, 0.05) is 25.2 Å². The van der Waals surface area contributed by atoms with Crippen LogP contribution in [0.5, 0.6) is 0 Å². The molecule has 0 spiro atoms. The molecule has 2 fully saturated rings. The largest absolute Gasteiger partial charge is 0.371 e. The van der Waals surface area contributed by atoms with Gasteiger partial charge in [0.1, 0.15) is 4.83 Å². The summed E-state index contributed by atoms with van der Waals surface area (Å²) in [6.45, 7) is 4.13. The maximum atomic E-state index is 12.9. The van der Waals surface area contributed by atoms with E-state index in [-0.39, 0.29) is 23.6 Å². The number of aryl methyl sites for hydroxylation is 1. The van der Waals surface area contributed by atoms with Crippen LogP contribution in [0.4, 0.5) is 0 Å². The second kappa shape index (κ2) is 7.37. The fourth-order valence-corrected chi connectivity index (χ4v) is 5.45. The van der Waals surface area contributed by atoms with E-state index in [0.29, 0.717) is 33.3 Å². The van der Waals surface area contributed by atoms with Gasteiger partial charge in [-0.05, 0) is 24.5 Å². The van der Waals surface area contributed by atoms with Crippen molar-refractivity contribution in [3.63, 3.8) is 0 Å². The van der Waals surface area contributed by atoms with Gasteiger partial charge in [0.15, 0.2) is 0 Å². The summed E-state index contributed by atoms with van der Waals surface area (Å²) in [4.78, 5) is 35.3. The number of hydrogen-bond acceptors (Lipinski definition) is 6. The van der Waals surface area contributed by atoms with E-state index in [1.165, 1.54) is 23.2 Å². The Labute approximate surface area is 171 Å². The first-order chi connectivity index (χ1) is 14.1. The monoisotopic (exact) mass is 410 g/mol. The van der Waals surface area contributed by atoms with Crippen molar-refractivity contribution >= 4 is 27.5 Å². The van der Waals surface area contributed by atoms with E-state index in [1.807, 2.05) is 18.2 Å². The lowest BCUT2D eigenvalue weighted by molar-refractivity contribution is -0.0502. The van der Waals surface area contributed by atoms with E-state index in [4.69, 9.17) is 4.74 Å². The minimum atomic E-state index is -0.204. The number of H-pyrrole nitrogens is 1. The molecule has 2 saturated heterocycles. The molecule has 1 aromatic carbocycles. The Morgan fingerprint density at radius 2 is 2.14 bits per heavy atom. The molecular formula is C21H22N4O3S. The minimum absolute atomic E-state index is 0.0708. The number of nitrogens with zero attached hydrogens (tertiary/aromatic N) is 2. The molecular weight excluding hydrogens is 388 g/mol. The van der Waals surface area contributed by atoms with Crippen LogP contribution in [0.25, 0.3) is 10.2 Å². The summed E-state index contributed by atoms with van der Waals surface area (Å²) in [6, 6.07) is 10.7. The molecule has 2 N–H and O–H groups in total. The summed E-state index contributed by atoms with van der Waals surface area (Å²) < 4.78 is 6.09. The van der Waals surface area contributed by atoms with Crippen LogP contribution in [-0.2, 0) is 4.74 Å². The number of aromatic nitrogens is 2. The predicted octanol–water partition coefficient (Wildman–Crippen LogP) is 2.24. The van der Waals surface area contributed by atoms with Gasteiger partial charge < -0.3 is 15.0 Å². The van der Waals surface area contributed by atoms with Crippen molar-refractivity contribution in [2.45, 2.75) is 31.5 Å². The van der Waals surface area contributed by atoms with Crippen molar-refractivity contribution in [2.24, 2.45) is 0 Å². The Morgan fingerprint density at radius 1 is 1.31 bits per heavy atom. The van der Waals surface area contributed by atoms with Gasteiger partial charge in [0.2, 0.25) is 0 Å². The maximum Gasteiger partial charge on any atom is 0.261 e.